The molecule has 0 atom stereocenters. The summed E-state index contributed by atoms with van der Waals surface area (Å²) in [5.74, 6) is 0. The molecule has 12 aromatic rings. The van der Waals surface area contributed by atoms with E-state index in [1.54, 1.807) is 0 Å². The standard InChI is InChI=1S/C56H34/c1-3-11-35(12-4-1)41-17-7-19-43(31-41)45-29-27-39-25-23-37-15-9-21-47-49(33-51(45)55(39)53(37)47)50-34-52-46(44-20-8-18-42(32-44)36-13-5-2-6-14-36)30-28-40-26-24-38-16-10-22-48(50)54(38)56(40)52/h1-34H. The second kappa shape index (κ2) is 12.1. The zero-order chi connectivity index (χ0) is 36.7. The molecule has 0 nitrogen and oxygen atoms in total. The topological polar surface area (TPSA) is 0 Å². The van der Waals surface area contributed by atoms with E-state index >= 15 is 0 Å². The Labute approximate surface area is 325 Å². The Morgan fingerprint density at radius 1 is 0.179 bits per heavy atom. The number of benzene rings is 12. The molecule has 0 fully saturated rings. The molecule has 12 rings (SSSR count). The van der Waals surface area contributed by atoms with Crippen molar-refractivity contribution in [3.05, 3.63) is 206 Å². The maximum absolute atomic E-state index is 2.50. The lowest BCUT2D eigenvalue weighted by Gasteiger charge is -2.21. The Balaban J connectivity index is 1.18. The lowest BCUT2D eigenvalue weighted by atomic mass is 9.82. The zero-order valence-electron chi connectivity index (χ0n) is 30.6. The first kappa shape index (κ1) is 31.1. The van der Waals surface area contributed by atoms with Crippen molar-refractivity contribution in [2.75, 3.05) is 0 Å². The second-order valence-corrected chi connectivity index (χ2v) is 15.2. The Morgan fingerprint density at radius 3 is 0.964 bits per heavy atom. The van der Waals surface area contributed by atoms with Gasteiger partial charge in [0.25, 0.3) is 0 Å². The number of rotatable bonds is 5. The number of hydrogen-bond donors (Lipinski definition) is 0. The highest BCUT2D eigenvalue weighted by Crippen LogP contribution is 2.49. The van der Waals surface area contributed by atoms with E-state index in [1.165, 1.54) is 120 Å². The van der Waals surface area contributed by atoms with Crippen molar-refractivity contribution in [3.8, 4) is 55.6 Å². The van der Waals surface area contributed by atoms with Crippen LogP contribution >= 0.6 is 0 Å². The summed E-state index contributed by atoms with van der Waals surface area (Å²) in [6, 6.07) is 76.7. The largest absolute Gasteiger partial charge is 0.0622 e. The van der Waals surface area contributed by atoms with Gasteiger partial charge < -0.3 is 0 Å². The highest BCUT2D eigenvalue weighted by Gasteiger charge is 2.21. The molecule has 0 saturated carbocycles. The molecule has 0 aliphatic carbocycles. The third-order valence-electron chi connectivity index (χ3n) is 12.1. The second-order valence-electron chi connectivity index (χ2n) is 15.2. The van der Waals surface area contributed by atoms with E-state index in [0.717, 1.165) is 0 Å². The molecule has 56 heavy (non-hydrogen) atoms. The Kier molecular flexibility index (Phi) is 6.73. The minimum atomic E-state index is 1.23. The van der Waals surface area contributed by atoms with E-state index in [0.29, 0.717) is 0 Å². The molecule has 0 aromatic heterocycles. The fourth-order valence-electron chi connectivity index (χ4n) is 9.58. The van der Waals surface area contributed by atoms with Gasteiger partial charge in [-0.25, -0.2) is 0 Å². The molecular formula is C56H34. The maximum atomic E-state index is 2.50. The summed E-state index contributed by atoms with van der Waals surface area (Å²) >= 11 is 0. The molecule has 0 unspecified atom stereocenters. The van der Waals surface area contributed by atoms with E-state index in [9.17, 15) is 0 Å². The van der Waals surface area contributed by atoms with E-state index < -0.39 is 0 Å². The van der Waals surface area contributed by atoms with Gasteiger partial charge in [-0.15, -0.1) is 0 Å². The molecule has 258 valence electrons. The molecule has 0 radical (unpaired) electrons. The summed E-state index contributed by atoms with van der Waals surface area (Å²) in [4.78, 5) is 0. The summed E-state index contributed by atoms with van der Waals surface area (Å²) in [6.45, 7) is 0. The van der Waals surface area contributed by atoms with Crippen LogP contribution in [-0.2, 0) is 0 Å². The minimum absolute atomic E-state index is 1.23. The van der Waals surface area contributed by atoms with Crippen LogP contribution in [0.4, 0.5) is 0 Å². The minimum Gasteiger partial charge on any atom is -0.0622 e. The first-order valence-electron chi connectivity index (χ1n) is 19.5. The third kappa shape index (κ3) is 4.66. The van der Waals surface area contributed by atoms with Gasteiger partial charge in [0.2, 0.25) is 0 Å². The molecule has 0 saturated heterocycles. The van der Waals surface area contributed by atoms with Gasteiger partial charge >= 0.3 is 0 Å². The smallest absolute Gasteiger partial charge is 0.00201 e. The SMILES string of the molecule is c1ccc(-c2cccc(-c3ccc4ccc5cccc6c(-c7cc8c(-c9cccc(-c%10ccccc%10)c9)ccc9ccc%10cccc7c%10c98)cc3c4c56)c2)cc1. The van der Waals surface area contributed by atoms with Crippen molar-refractivity contribution in [1.82, 2.24) is 0 Å². The molecule has 0 heterocycles. The first-order valence-corrected chi connectivity index (χ1v) is 19.5. The summed E-state index contributed by atoms with van der Waals surface area (Å²) in [6.07, 6.45) is 0. The first-order chi connectivity index (χ1) is 27.8. The van der Waals surface area contributed by atoms with Crippen LogP contribution in [-0.4, -0.2) is 0 Å². The van der Waals surface area contributed by atoms with Crippen molar-refractivity contribution in [1.29, 1.82) is 0 Å². The Morgan fingerprint density at radius 2 is 0.518 bits per heavy atom. The van der Waals surface area contributed by atoms with Crippen LogP contribution < -0.4 is 0 Å². The average Bonchev–Trinajstić information content (AvgIpc) is 3.27. The van der Waals surface area contributed by atoms with Crippen LogP contribution in [0.5, 0.6) is 0 Å². The molecule has 0 N–H and O–H groups in total. The Bertz CT molecular complexity index is 3210. The van der Waals surface area contributed by atoms with E-state index in [4.69, 9.17) is 0 Å². The number of hydrogen-bond acceptors (Lipinski definition) is 0. The van der Waals surface area contributed by atoms with E-state index in [1.807, 2.05) is 0 Å². The van der Waals surface area contributed by atoms with Crippen molar-refractivity contribution in [2.45, 2.75) is 0 Å². The van der Waals surface area contributed by atoms with Crippen molar-refractivity contribution in [2.24, 2.45) is 0 Å². The van der Waals surface area contributed by atoms with Gasteiger partial charge in [0.05, 0.1) is 0 Å². The van der Waals surface area contributed by atoms with Crippen molar-refractivity contribution < 1.29 is 0 Å². The highest BCUT2D eigenvalue weighted by molar-refractivity contribution is 6.33. The highest BCUT2D eigenvalue weighted by atomic mass is 14.2. The van der Waals surface area contributed by atoms with Gasteiger partial charge in [0.1, 0.15) is 0 Å². The van der Waals surface area contributed by atoms with Crippen molar-refractivity contribution >= 4 is 64.6 Å². The monoisotopic (exact) mass is 706 g/mol. The van der Waals surface area contributed by atoms with Gasteiger partial charge in [-0.1, -0.05) is 182 Å². The lowest BCUT2D eigenvalue weighted by molar-refractivity contribution is 1.60. The van der Waals surface area contributed by atoms with Gasteiger partial charge in [-0.3, -0.25) is 0 Å². The molecule has 0 spiro atoms. The van der Waals surface area contributed by atoms with Crippen LogP contribution in [0.3, 0.4) is 0 Å². The molecular weight excluding hydrogens is 673 g/mol. The Hall–Kier alpha value is -7.28. The molecule has 12 aromatic carbocycles. The van der Waals surface area contributed by atoms with Crippen LogP contribution in [0, 0.1) is 0 Å². The molecule has 0 aliphatic rings. The van der Waals surface area contributed by atoms with Crippen LogP contribution in [0.15, 0.2) is 206 Å². The van der Waals surface area contributed by atoms with Gasteiger partial charge in [0, 0.05) is 0 Å². The summed E-state index contributed by atoms with van der Waals surface area (Å²) < 4.78 is 0. The van der Waals surface area contributed by atoms with Crippen LogP contribution in [0.25, 0.3) is 120 Å². The van der Waals surface area contributed by atoms with Crippen LogP contribution in [0.2, 0.25) is 0 Å². The predicted molar refractivity (Wildman–Crippen MR) is 241 cm³/mol. The molecule has 0 heteroatoms. The van der Waals surface area contributed by atoms with Crippen molar-refractivity contribution in [3.63, 3.8) is 0 Å². The molecule has 0 aliphatic heterocycles. The van der Waals surface area contributed by atoms with Gasteiger partial charge in [-0.2, -0.15) is 0 Å². The third-order valence-corrected chi connectivity index (χ3v) is 12.1. The predicted octanol–water partition coefficient (Wildman–Crippen LogP) is 15.8. The fourth-order valence-corrected chi connectivity index (χ4v) is 9.58. The maximum Gasteiger partial charge on any atom is -0.00201 e. The van der Waals surface area contributed by atoms with Crippen LogP contribution in [0.1, 0.15) is 0 Å². The summed E-state index contributed by atoms with van der Waals surface area (Å²) in [5, 5.41) is 15.6. The quantitative estimate of drug-likeness (QED) is 0.156. The average molecular weight is 707 g/mol. The van der Waals surface area contributed by atoms with Gasteiger partial charge in [0.15, 0.2) is 0 Å². The normalized spacial score (nSPS) is 11.9. The summed E-state index contributed by atoms with van der Waals surface area (Å²) in [7, 11) is 0. The summed E-state index contributed by atoms with van der Waals surface area (Å²) in [5.41, 5.74) is 12.4. The zero-order valence-corrected chi connectivity index (χ0v) is 30.6. The van der Waals surface area contributed by atoms with E-state index in [-0.39, 0.29) is 0 Å². The van der Waals surface area contributed by atoms with Gasteiger partial charge in [-0.05, 0) is 145 Å². The van der Waals surface area contributed by atoms with E-state index in [2.05, 4.69) is 206 Å². The molecule has 0 bridgehead atoms. The fraction of sp³-hybridized carbons (Fsp3) is 0. The lowest BCUT2D eigenvalue weighted by Crippen LogP contribution is -1.93. The molecule has 0 amide bonds.